The number of amides is 3. The van der Waals surface area contributed by atoms with Gasteiger partial charge in [-0.1, -0.05) is 75.4 Å². The van der Waals surface area contributed by atoms with Crippen molar-refractivity contribution in [2.24, 2.45) is 5.41 Å². The van der Waals surface area contributed by atoms with Crippen LogP contribution >= 0.6 is 11.3 Å². The first kappa shape index (κ1) is 29.1. The molecule has 1 aromatic heterocycles. The lowest BCUT2D eigenvalue weighted by Gasteiger charge is -2.34. The highest BCUT2D eigenvalue weighted by Crippen LogP contribution is 2.28. The number of fused-ring (bicyclic) bond motifs is 1. The molecule has 1 N–H and O–H groups in total. The van der Waals surface area contributed by atoms with Gasteiger partial charge in [0.2, 0.25) is 17.7 Å². The smallest absolute Gasteiger partial charge is 0.246 e. The van der Waals surface area contributed by atoms with Crippen molar-refractivity contribution < 1.29 is 14.4 Å². The van der Waals surface area contributed by atoms with E-state index in [0.717, 1.165) is 27.6 Å². The number of nitrogens with one attached hydrogen (secondary N) is 1. The van der Waals surface area contributed by atoms with Crippen molar-refractivity contribution in [3.05, 3.63) is 83.3 Å². The third kappa shape index (κ3) is 7.54. The van der Waals surface area contributed by atoms with Gasteiger partial charge in [0, 0.05) is 38.7 Å². The predicted molar refractivity (Wildman–Crippen MR) is 156 cm³/mol. The first-order valence-electron chi connectivity index (χ1n) is 12.9. The number of carbonyl (C=O) groups is 3. The highest BCUT2D eigenvalue weighted by molar-refractivity contribution is 7.17. The van der Waals surface area contributed by atoms with Crippen LogP contribution in [0.3, 0.4) is 0 Å². The number of nitrogens with zero attached hydrogens (tertiary/aromatic N) is 2. The number of allylic oxidation sites excluding steroid dienone is 1. The van der Waals surface area contributed by atoms with Crippen LogP contribution in [0.4, 0.5) is 0 Å². The molecule has 3 amide bonds. The summed E-state index contributed by atoms with van der Waals surface area (Å²) < 4.78 is 1.13. The van der Waals surface area contributed by atoms with E-state index in [2.05, 4.69) is 37.5 Å². The van der Waals surface area contributed by atoms with Gasteiger partial charge in [-0.25, -0.2) is 0 Å². The molecule has 202 valence electrons. The average molecular weight is 534 g/mol. The van der Waals surface area contributed by atoms with Gasteiger partial charge in [0.25, 0.3) is 0 Å². The summed E-state index contributed by atoms with van der Waals surface area (Å²) in [6, 6.07) is 16.2. The fourth-order valence-corrected chi connectivity index (χ4v) is 5.35. The Morgan fingerprint density at radius 2 is 1.58 bits per heavy atom. The lowest BCUT2D eigenvalue weighted by Crippen LogP contribution is -2.55. The van der Waals surface area contributed by atoms with Crippen LogP contribution in [0.25, 0.3) is 10.1 Å². The molecule has 0 spiro atoms. The molecule has 0 aliphatic rings. The topological polar surface area (TPSA) is 69.7 Å². The summed E-state index contributed by atoms with van der Waals surface area (Å²) in [7, 11) is 4.89. The van der Waals surface area contributed by atoms with E-state index in [9.17, 15) is 14.4 Å². The quantitative estimate of drug-likeness (QED) is 0.370. The second-order valence-electron chi connectivity index (χ2n) is 10.9. The van der Waals surface area contributed by atoms with Crippen LogP contribution in [-0.4, -0.2) is 60.7 Å². The maximum absolute atomic E-state index is 14.1. The summed E-state index contributed by atoms with van der Waals surface area (Å²) in [6.07, 6.45) is 4.90. The van der Waals surface area contributed by atoms with Crippen LogP contribution in [0.15, 0.2) is 72.1 Å². The van der Waals surface area contributed by atoms with Crippen LogP contribution in [0.2, 0.25) is 0 Å². The Bertz CT molecular complexity index is 1280. The molecule has 6 nitrogen and oxygen atoms in total. The maximum Gasteiger partial charge on any atom is 0.246 e. The van der Waals surface area contributed by atoms with Gasteiger partial charge in [-0.15, -0.1) is 11.3 Å². The Kier molecular flexibility index (Phi) is 9.86. The van der Waals surface area contributed by atoms with Crippen molar-refractivity contribution >= 4 is 39.1 Å². The second-order valence-corrected chi connectivity index (χ2v) is 11.8. The lowest BCUT2D eigenvalue weighted by molar-refractivity contribution is -0.146. The minimum Gasteiger partial charge on any atom is -0.357 e. The molecule has 0 saturated carbocycles. The molecule has 1 heterocycles. The lowest BCUT2D eigenvalue weighted by atomic mass is 9.92. The predicted octanol–water partition coefficient (Wildman–Crippen LogP) is 5.08. The first-order chi connectivity index (χ1) is 18.0. The highest BCUT2D eigenvalue weighted by Gasteiger charge is 2.35. The molecular weight excluding hydrogens is 494 g/mol. The van der Waals surface area contributed by atoms with E-state index in [4.69, 9.17) is 0 Å². The minimum absolute atomic E-state index is 0.0541. The van der Waals surface area contributed by atoms with Crippen molar-refractivity contribution in [1.29, 1.82) is 0 Å². The molecule has 2 atom stereocenters. The van der Waals surface area contributed by atoms with Crippen molar-refractivity contribution in [2.75, 3.05) is 21.1 Å². The molecule has 0 bridgehead atoms. The fraction of sp³-hybridized carbons (Fsp3) is 0.387. The van der Waals surface area contributed by atoms with E-state index in [1.54, 1.807) is 38.6 Å². The first-order valence-corrected chi connectivity index (χ1v) is 13.8. The highest BCUT2D eigenvalue weighted by atomic mass is 32.1. The van der Waals surface area contributed by atoms with E-state index in [1.807, 2.05) is 54.6 Å². The van der Waals surface area contributed by atoms with Gasteiger partial charge in [0.15, 0.2) is 0 Å². The van der Waals surface area contributed by atoms with Gasteiger partial charge in [0.05, 0.1) is 0 Å². The molecule has 38 heavy (non-hydrogen) atoms. The Morgan fingerprint density at radius 3 is 2.24 bits per heavy atom. The van der Waals surface area contributed by atoms with E-state index < -0.39 is 12.1 Å². The molecule has 0 saturated heterocycles. The number of benzene rings is 2. The standard InChI is InChI=1S/C31H39N3O3S/c1-31(2,3)18-12-17-28(35)33(5)26(20-23-21-38-27-16-11-10-15-24(23)27)30(37)34(6)25(29(36)32-4)19-22-13-8-7-9-14-22/h7-17,21,25-26H,18-20H2,1-6H3,(H,32,36)/b17-12+/t25-,26-/m1/s1. The minimum atomic E-state index is -0.771. The van der Waals surface area contributed by atoms with Crippen molar-refractivity contribution in [1.82, 2.24) is 15.1 Å². The summed E-state index contributed by atoms with van der Waals surface area (Å²) in [5.74, 6) is -0.756. The van der Waals surface area contributed by atoms with E-state index in [1.165, 1.54) is 9.80 Å². The molecule has 0 aliphatic heterocycles. The van der Waals surface area contributed by atoms with Gasteiger partial charge in [-0.2, -0.15) is 0 Å². The third-order valence-electron chi connectivity index (χ3n) is 6.70. The van der Waals surface area contributed by atoms with Gasteiger partial charge in [-0.3, -0.25) is 14.4 Å². The molecule has 0 aliphatic carbocycles. The maximum atomic E-state index is 14.1. The van der Waals surface area contributed by atoms with Crippen LogP contribution in [-0.2, 0) is 27.2 Å². The van der Waals surface area contributed by atoms with Crippen molar-refractivity contribution in [2.45, 2.75) is 52.1 Å². The third-order valence-corrected chi connectivity index (χ3v) is 7.71. The number of carbonyl (C=O) groups excluding carboxylic acids is 3. The SMILES string of the molecule is CNC(=O)[C@@H](Cc1ccccc1)N(C)C(=O)[C@@H](Cc1csc2ccccc12)N(C)C(=O)/C=C/CC(C)(C)C. The van der Waals surface area contributed by atoms with Gasteiger partial charge < -0.3 is 15.1 Å². The van der Waals surface area contributed by atoms with Crippen LogP contribution < -0.4 is 5.32 Å². The van der Waals surface area contributed by atoms with E-state index in [0.29, 0.717) is 12.8 Å². The zero-order valence-electron chi connectivity index (χ0n) is 23.2. The van der Waals surface area contributed by atoms with E-state index >= 15 is 0 Å². The zero-order valence-corrected chi connectivity index (χ0v) is 24.0. The van der Waals surface area contributed by atoms with Gasteiger partial charge >= 0.3 is 0 Å². The van der Waals surface area contributed by atoms with Crippen molar-refractivity contribution in [3.8, 4) is 0 Å². The monoisotopic (exact) mass is 533 g/mol. The zero-order chi connectivity index (χ0) is 27.9. The molecular formula is C31H39N3O3S. The van der Waals surface area contributed by atoms with Gasteiger partial charge in [-0.05, 0) is 45.9 Å². The summed E-state index contributed by atoms with van der Waals surface area (Å²) in [4.78, 5) is 43.2. The summed E-state index contributed by atoms with van der Waals surface area (Å²) >= 11 is 1.62. The number of hydrogen-bond acceptors (Lipinski definition) is 4. The molecule has 3 aromatic rings. The fourth-order valence-electron chi connectivity index (χ4n) is 4.37. The Morgan fingerprint density at radius 1 is 0.921 bits per heavy atom. The Hall–Kier alpha value is -3.45. The van der Waals surface area contributed by atoms with Crippen molar-refractivity contribution in [3.63, 3.8) is 0 Å². The number of likely N-dealkylation sites (N-methyl/N-ethyl adjacent to an activating group) is 3. The molecule has 0 fully saturated rings. The number of rotatable bonds is 10. The van der Waals surface area contributed by atoms with Gasteiger partial charge in [0.1, 0.15) is 12.1 Å². The Balaban J connectivity index is 1.93. The summed E-state index contributed by atoms with van der Waals surface area (Å²) in [5.41, 5.74) is 2.02. The molecule has 2 aromatic carbocycles. The average Bonchev–Trinajstić information content (AvgIpc) is 3.31. The van der Waals surface area contributed by atoms with Crippen LogP contribution in [0, 0.1) is 5.41 Å². The molecule has 3 rings (SSSR count). The summed E-state index contributed by atoms with van der Waals surface area (Å²) in [6.45, 7) is 6.33. The van der Waals surface area contributed by atoms with E-state index in [-0.39, 0.29) is 23.1 Å². The molecule has 7 heteroatoms. The number of hydrogen-bond donors (Lipinski definition) is 1. The second kappa shape index (κ2) is 12.9. The number of thiophene rings is 1. The Labute approximate surface area is 230 Å². The molecule has 0 unspecified atom stereocenters. The van der Waals surface area contributed by atoms with Crippen LogP contribution in [0.1, 0.15) is 38.3 Å². The van der Waals surface area contributed by atoms with Crippen LogP contribution in [0.5, 0.6) is 0 Å². The largest absolute Gasteiger partial charge is 0.357 e. The normalized spacial score (nSPS) is 13.3. The summed E-state index contributed by atoms with van der Waals surface area (Å²) in [5, 5.41) is 5.83. The molecule has 0 radical (unpaired) electrons.